The number of nitrogens with two attached hydrogens (primary N) is 2. The molecule has 1 rings (SSSR count). The number of rotatable bonds is 5. The molecule has 0 aliphatic carbocycles. The maximum atomic E-state index is 12.5. The summed E-state index contributed by atoms with van der Waals surface area (Å²) in [6.07, 6.45) is -4.53. The SMILES string of the molecule is CCS(=O)(=O)c1c(N(C)CC(F)(F)F)sc(C(N)=O)c1N. The number of thiophene rings is 1. The first kappa shape index (κ1) is 17.6. The van der Waals surface area contributed by atoms with Gasteiger partial charge in [0.1, 0.15) is 21.3 Å². The molecule has 1 aromatic heterocycles. The highest BCUT2D eigenvalue weighted by molar-refractivity contribution is 7.92. The second-order valence-corrected chi connectivity index (χ2v) is 7.43. The van der Waals surface area contributed by atoms with Crippen LogP contribution in [0.4, 0.5) is 23.9 Å². The van der Waals surface area contributed by atoms with Crippen molar-refractivity contribution in [3.63, 3.8) is 0 Å². The van der Waals surface area contributed by atoms with E-state index in [1.165, 1.54) is 6.92 Å². The lowest BCUT2D eigenvalue weighted by Gasteiger charge is -2.20. The molecule has 1 heterocycles. The highest BCUT2D eigenvalue weighted by Crippen LogP contribution is 2.42. The number of halogens is 3. The normalized spacial score (nSPS) is 12.4. The summed E-state index contributed by atoms with van der Waals surface area (Å²) in [5, 5.41) is -0.250. The summed E-state index contributed by atoms with van der Waals surface area (Å²) in [6, 6.07) is 0. The van der Waals surface area contributed by atoms with E-state index in [0.717, 1.165) is 7.05 Å². The lowest BCUT2D eigenvalue weighted by Crippen LogP contribution is -2.31. The molecule has 0 saturated carbocycles. The molecule has 0 saturated heterocycles. The van der Waals surface area contributed by atoms with Crippen LogP contribution in [0.3, 0.4) is 0 Å². The molecule has 4 N–H and O–H groups in total. The lowest BCUT2D eigenvalue weighted by atomic mass is 10.3. The summed E-state index contributed by atoms with van der Waals surface area (Å²) in [7, 11) is -2.84. The highest BCUT2D eigenvalue weighted by Gasteiger charge is 2.35. The van der Waals surface area contributed by atoms with Crippen LogP contribution >= 0.6 is 11.3 Å². The van der Waals surface area contributed by atoms with Crippen molar-refractivity contribution in [1.29, 1.82) is 0 Å². The van der Waals surface area contributed by atoms with Gasteiger partial charge in [-0.1, -0.05) is 6.92 Å². The molecule has 0 bridgehead atoms. The molecule has 0 aliphatic rings. The molecule has 0 aliphatic heterocycles. The molecule has 0 spiro atoms. The quantitative estimate of drug-likeness (QED) is 0.834. The van der Waals surface area contributed by atoms with Gasteiger partial charge in [-0.2, -0.15) is 13.2 Å². The van der Waals surface area contributed by atoms with E-state index in [0.29, 0.717) is 16.2 Å². The molecule has 1 aromatic rings. The third-order valence-electron chi connectivity index (χ3n) is 2.56. The van der Waals surface area contributed by atoms with Crippen molar-refractivity contribution in [2.45, 2.75) is 18.0 Å². The number of alkyl halides is 3. The Morgan fingerprint density at radius 1 is 1.38 bits per heavy atom. The van der Waals surface area contributed by atoms with Crippen molar-refractivity contribution < 1.29 is 26.4 Å². The molecule has 0 unspecified atom stereocenters. The zero-order valence-corrected chi connectivity index (χ0v) is 12.8. The van der Waals surface area contributed by atoms with Gasteiger partial charge in [-0.25, -0.2) is 8.42 Å². The Morgan fingerprint density at radius 2 is 1.90 bits per heavy atom. The van der Waals surface area contributed by atoms with Crippen molar-refractivity contribution in [1.82, 2.24) is 0 Å². The third-order valence-corrected chi connectivity index (χ3v) is 5.82. The number of amides is 1. The minimum Gasteiger partial charge on any atom is -0.396 e. The number of sulfone groups is 1. The first-order valence-electron chi connectivity index (χ1n) is 5.63. The molecule has 0 atom stereocenters. The van der Waals surface area contributed by atoms with Gasteiger partial charge in [-0.05, 0) is 0 Å². The number of hydrogen-bond acceptors (Lipinski definition) is 6. The van der Waals surface area contributed by atoms with Crippen LogP contribution in [0.2, 0.25) is 0 Å². The number of anilines is 2. The molecule has 120 valence electrons. The van der Waals surface area contributed by atoms with Gasteiger partial charge < -0.3 is 16.4 Å². The lowest BCUT2D eigenvalue weighted by molar-refractivity contribution is -0.119. The van der Waals surface area contributed by atoms with E-state index in [4.69, 9.17) is 11.5 Å². The van der Waals surface area contributed by atoms with Crippen molar-refractivity contribution in [2.75, 3.05) is 30.0 Å². The molecule has 6 nitrogen and oxygen atoms in total. The standard InChI is InChI=1S/C10H14F3N3O3S2/c1-3-21(18,19)7-5(14)6(8(15)17)20-9(7)16(2)4-10(11,12)13/h3-4,14H2,1-2H3,(H2,15,17). The monoisotopic (exact) mass is 345 g/mol. The molecule has 0 radical (unpaired) electrons. The fourth-order valence-corrected chi connectivity index (χ4v) is 4.28. The van der Waals surface area contributed by atoms with Gasteiger partial charge in [0.2, 0.25) is 0 Å². The first-order chi connectivity index (χ1) is 9.40. The summed E-state index contributed by atoms with van der Waals surface area (Å²) >= 11 is 0.532. The van der Waals surface area contributed by atoms with Gasteiger partial charge in [-0.15, -0.1) is 11.3 Å². The Kier molecular flexibility index (Phi) is 4.78. The minimum atomic E-state index is -4.53. The van der Waals surface area contributed by atoms with Crippen molar-refractivity contribution >= 4 is 37.8 Å². The zero-order chi connectivity index (χ0) is 16.6. The number of nitrogen functional groups attached to an aromatic ring is 1. The van der Waals surface area contributed by atoms with Crippen LogP contribution in [0, 0.1) is 0 Å². The van der Waals surface area contributed by atoms with E-state index in [2.05, 4.69) is 0 Å². The Hall–Kier alpha value is -1.49. The maximum Gasteiger partial charge on any atom is 0.405 e. The predicted molar refractivity (Wildman–Crippen MR) is 74.3 cm³/mol. The number of primary amides is 1. The van der Waals surface area contributed by atoms with Crippen LogP contribution in [-0.4, -0.2) is 39.8 Å². The summed E-state index contributed by atoms with van der Waals surface area (Å²) in [5.41, 5.74) is 10.3. The van der Waals surface area contributed by atoms with E-state index >= 15 is 0 Å². The van der Waals surface area contributed by atoms with Crippen LogP contribution in [0.1, 0.15) is 16.6 Å². The van der Waals surface area contributed by atoms with Gasteiger partial charge in [0, 0.05) is 7.05 Å². The van der Waals surface area contributed by atoms with Crippen LogP contribution in [0.5, 0.6) is 0 Å². The molecule has 0 fully saturated rings. The smallest absolute Gasteiger partial charge is 0.396 e. The van der Waals surface area contributed by atoms with Crippen LogP contribution in [0.15, 0.2) is 4.90 Å². The van der Waals surface area contributed by atoms with Crippen molar-refractivity contribution in [3.8, 4) is 0 Å². The molecule has 21 heavy (non-hydrogen) atoms. The first-order valence-corrected chi connectivity index (χ1v) is 8.10. The van der Waals surface area contributed by atoms with Gasteiger partial charge in [0.05, 0.1) is 11.4 Å². The number of carbonyl (C=O) groups is 1. The van der Waals surface area contributed by atoms with Crippen molar-refractivity contribution in [3.05, 3.63) is 4.88 Å². The summed E-state index contributed by atoms with van der Waals surface area (Å²) < 4.78 is 61.4. The van der Waals surface area contributed by atoms with E-state index in [-0.39, 0.29) is 15.6 Å². The minimum absolute atomic E-state index is 0.250. The van der Waals surface area contributed by atoms with E-state index < -0.39 is 39.0 Å². The molecular formula is C10H14F3N3O3S2. The van der Waals surface area contributed by atoms with Gasteiger partial charge in [-0.3, -0.25) is 4.79 Å². The van der Waals surface area contributed by atoms with Crippen LogP contribution < -0.4 is 16.4 Å². The fraction of sp³-hybridized carbons (Fsp3) is 0.500. The van der Waals surface area contributed by atoms with Gasteiger partial charge in [0.15, 0.2) is 9.84 Å². The Bertz CT molecular complexity index is 652. The average Bonchev–Trinajstić information content (AvgIpc) is 2.65. The summed E-state index contributed by atoms with van der Waals surface area (Å²) in [4.78, 5) is 11.2. The van der Waals surface area contributed by atoms with Crippen LogP contribution in [0.25, 0.3) is 0 Å². The predicted octanol–water partition coefficient (Wildman–Crippen LogP) is 1.22. The molecule has 11 heteroatoms. The average molecular weight is 345 g/mol. The van der Waals surface area contributed by atoms with Crippen LogP contribution in [-0.2, 0) is 9.84 Å². The maximum absolute atomic E-state index is 12.5. The number of nitrogens with zero attached hydrogens (tertiary/aromatic N) is 1. The van der Waals surface area contributed by atoms with E-state index in [1.807, 2.05) is 0 Å². The second-order valence-electron chi connectivity index (χ2n) is 4.22. The summed E-state index contributed by atoms with van der Waals surface area (Å²) in [6.45, 7) is -0.0543. The topological polar surface area (TPSA) is 106 Å². The molecular weight excluding hydrogens is 331 g/mol. The van der Waals surface area contributed by atoms with E-state index in [1.54, 1.807) is 0 Å². The second kappa shape index (κ2) is 5.72. The highest BCUT2D eigenvalue weighted by atomic mass is 32.2. The number of hydrogen-bond donors (Lipinski definition) is 2. The zero-order valence-electron chi connectivity index (χ0n) is 11.2. The Balaban J connectivity index is 3.51. The molecule has 1 amide bonds. The summed E-state index contributed by atoms with van der Waals surface area (Å²) in [5.74, 6) is -1.35. The Morgan fingerprint density at radius 3 is 2.29 bits per heavy atom. The molecule has 0 aromatic carbocycles. The fourth-order valence-electron chi connectivity index (χ4n) is 1.64. The number of carbonyl (C=O) groups excluding carboxylic acids is 1. The Labute approximate surface area is 123 Å². The van der Waals surface area contributed by atoms with E-state index in [9.17, 15) is 26.4 Å². The third kappa shape index (κ3) is 3.79. The van der Waals surface area contributed by atoms with Gasteiger partial charge >= 0.3 is 6.18 Å². The largest absolute Gasteiger partial charge is 0.405 e. The van der Waals surface area contributed by atoms with Crippen molar-refractivity contribution in [2.24, 2.45) is 5.73 Å². The van der Waals surface area contributed by atoms with Gasteiger partial charge in [0.25, 0.3) is 5.91 Å².